The van der Waals surface area contributed by atoms with Gasteiger partial charge in [-0.05, 0) is 19.6 Å². The molecule has 1 aromatic heterocycles. The van der Waals surface area contributed by atoms with Crippen molar-refractivity contribution in [3.05, 3.63) is 17.0 Å². The molecule has 0 spiro atoms. The van der Waals surface area contributed by atoms with E-state index in [1.165, 1.54) is 11.3 Å². The van der Waals surface area contributed by atoms with E-state index in [0.29, 0.717) is 23.7 Å². The van der Waals surface area contributed by atoms with Gasteiger partial charge in [0.15, 0.2) is 0 Å². The van der Waals surface area contributed by atoms with Gasteiger partial charge in [-0.3, -0.25) is 4.79 Å². The molecule has 1 amide bonds. The van der Waals surface area contributed by atoms with Crippen LogP contribution >= 0.6 is 23.1 Å². The molecule has 0 aromatic carbocycles. The molecule has 0 fully saturated rings. The Hall–Kier alpha value is -1.14. The Labute approximate surface area is 122 Å². The molecule has 0 atom stereocenters. The van der Waals surface area contributed by atoms with E-state index in [-0.39, 0.29) is 5.91 Å². The maximum atomic E-state index is 12.0. The number of rotatable bonds is 7. The fourth-order valence-corrected chi connectivity index (χ4v) is 3.41. The van der Waals surface area contributed by atoms with Crippen LogP contribution in [0.5, 0.6) is 0 Å². The van der Waals surface area contributed by atoms with Crippen molar-refractivity contribution >= 4 is 39.7 Å². The zero-order valence-electron chi connectivity index (χ0n) is 11.6. The summed E-state index contributed by atoms with van der Waals surface area (Å²) in [5.74, 6) is -0.0944. The minimum Gasteiger partial charge on any atom is -0.396 e. The van der Waals surface area contributed by atoms with E-state index in [9.17, 15) is 4.79 Å². The van der Waals surface area contributed by atoms with Crippen LogP contribution in [0.4, 0.5) is 10.7 Å². The monoisotopic (exact) mass is 299 g/mol. The number of nitrogens with one attached hydrogen (secondary N) is 2. The fraction of sp³-hybridized carbons (Fsp3) is 0.462. The predicted molar refractivity (Wildman–Crippen MR) is 86.4 cm³/mol. The van der Waals surface area contributed by atoms with Gasteiger partial charge in [0.1, 0.15) is 9.88 Å². The molecule has 0 unspecified atom stereocenters. The molecule has 1 heterocycles. The minimum atomic E-state index is -0.0944. The van der Waals surface area contributed by atoms with Gasteiger partial charge in [-0.1, -0.05) is 19.1 Å². The molecule has 4 N–H and O–H groups in total. The summed E-state index contributed by atoms with van der Waals surface area (Å²) >= 11 is 2.95. The predicted octanol–water partition coefficient (Wildman–Crippen LogP) is 3.18. The van der Waals surface area contributed by atoms with E-state index in [1.807, 2.05) is 20.1 Å². The number of hydrogen-bond donors (Lipinski definition) is 3. The van der Waals surface area contributed by atoms with Gasteiger partial charge in [0.25, 0.3) is 5.91 Å². The van der Waals surface area contributed by atoms with Crippen molar-refractivity contribution in [1.82, 2.24) is 5.32 Å². The largest absolute Gasteiger partial charge is 0.396 e. The molecule has 1 aromatic rings. The van der Waals surface area contributed by atoms with Crippen molar-refractivity contribution in [3.63, 3.8) is 0 Å². The first-order valence-corrected chi connectivity index (χ1v) is 8.18. The minimum absolute atomic E-state index is 0.0944. The average molecular weight is 299 g/mol. The number of carbonyl (C=O) groups excluding carboxylic acids is 1. The molecule has 4 nitrogen and oxygen atoms in total. The lowest BCUT2D eigenvalue weighted by molar-refractivity contribution is 0.0958. The molecule has 6 heteroatoms. The smallest absolute Gasteiger partial charge is 0.263 e. The summed E-state index contributed by atoms with van der Waals surface area (Å²) < 4.78 is 0. The van der Waals surface area contributed by atoms with Crippen LogP contribution in [0, 0.1) is 0 Å². The highest BCUT2D eigenvalue weighted by Gasteiger charge is 2.20. The van der Waals surface area contributed by atoms with Gasteiger partial charge >= 0.3 is 0 Å². The SMILES string of the molecule is C=C(C)CNc1sc(C(=O)NCCC)c(N)c1SC. The highest BCUT2D eigenvalue weighted by molar-refractivity contribution is 7.99. The lowest BCUT2D eigenvalue weighted by atomic mass is 10.3. The topological polar surface area (TPSA) is 67.2 Å². The van der Waals surface area contributed by atoms with Gasteiger partial charge in [0.2, 0.25) is 0 Å². The molecule has 0 bridgehead atoms. The van der Waals surface area contributed by atoms with Crippen molar-refractivity contribution in [2.45, 2.75) is 25.2 Å². The van der Waals surface area contributed by atoms with Crippen LogP contribution in [0.2, 0.25) is 0 Å². The zero-order valence-corrected chi connectivity index (χ0v) is 13.3. The van der Waals surface area contributed by atoms with Crippen molar-refractivity contribution < 1.29 is 4.79 Å². The molecule has 1 rings (SSSR count). The summed E-state index contributed by atoms with van der Waals surface area (Å²) in [7, 11) is 0. The van der Waals surface area contributed by atoms with Crippen LogP contribution in [0.15, 0.2) is 17.0 Å². The Morgan fingerprint density at radius 3 is 2.74 bits per heavy atom. The van der Waals surface area contributed by atoms with Crippen molar-refractivity contribution in [2.24, 2.45) is 0 Å². The first kappa shape index (κ1) is 15.9. The van der Waals surface area contributed by atoms with Crippen LogP contribution in [0.25, 0.3) is 0 Å². The summed E-state index contributed by atoms with van der Waals surface area (Å²) in [4.78, 5) is 13.5. The van der Waals surface area contributed by atoms with Gasteiger partial charge in [0.05, 0.1) is 10.6 Å². The summed E-state index contributed by atoms with van der Waals surface area (Å²) in [6.45, 7) is 9.18. The van der Waals surface area contributed by atoms with Gasteiger partial charge < -0.3 is 16.4 Å². The Morgan fingerprint density at radius 2 is 2.21 bits per heavy atom. The molecule has 106 valence electrons. The number of thiophene rings is 1. The molecule has 0 aliphatic carbocycles. The van der Waals surface area contributed by atoms with E-state index in [4.69, 9.17) is 5.73 Å². The Bertz CT molecular complexity index is 469. The lowest BCUT2D eigenvalue weighted by Crippen LogP contribution is -2.23. The fourth-order valence-electron chi connectivity index (χ4n) is 1.47. The highest BCUT2D eigenvalue weighted by atomic mass is 32.2. The first-order valence-electron chi connectivity index (χ1n) is 6.13. The number of carbonyl (C=O) groups is 1. The van der Waals surface area contributed by atoms with Crippen LogP contribution in [-0.4, -0.2) is 25.3 Å². The Morgan fingerprint density at radius 1 is 1.53 bits per heavy atom. The molecule has 0 saturated carbocycles. The highest BCUT2D eigenvalue weighted by Crippen LogP contribution is 2.41. The molecule has 0 aliphatic heterocycles. The maximum absolute atomic E-state index is 12.0. The molecular formula is C13H21N3OS2. The Kier molecular flexibility index (Phi) is 6.24. The van der Waals surface area contributed by atoms with E-state index >= 15 is 0 Å². The molecule has 0 radical (unpaired) electrons. The van der Waals surface area contributed by atoms with Crippen molar-refractivity contribution in [3.8, 4) is 0 Å². The normalized spacial score (nSPS) is 10.3. The number of nitrogens with two attached hydrogens (primary N) is 1. The van der Waals surface area contributed by atoms with Gasteiger partial charge in [-0.15, -0.1) is 23.1 Å². The maximum Gasteiger partial charge on any atom is 0.263 e. The third-order valence-electron chi connectivity index (χ3n) is 2.40. The van der Waals surface area contributed by atoms with Crippen LogP contribution in [-0.2, 0) is 0 Å². The number of anilines is 2. The second-order valence-electron chi connectivity index (χ2n) is 4.27. The molecule has 0 saturated heterocycles. The standard InChI is InChI=1S/C13H21N3OS2/c1-5-6-15-12(17)10-9(14)11(18-4)13(19-10)16-7-8(2)3/h16H,2,5-7,14H2,1,3-4H3,(H,15,17). The van der Waals surface area contributed by atoms with Crippen molar-refractivity contribution in [1.29, 1.82) is 0 Å². The summed E-state index contributed by atoms with van der Waals surface area (Å²) in [5.41, 5.74) is 7.66. The first-order chi connectivity index (χ1) is 9.01. The van der Waals surface area contributed by atoms with E-state index in [0.717, 1.165) is 21.9 Å². The third kappa shape index (κ3) is 4.18. The van der Waals surface area contributed by atoms with Gasteiger partial charge in [0, 0.05) is 13.1 Å². The molecular weight excluding hydrogens is 278 g/mol. The second-order valence-corrected chi connectivity index (χ2v) is 6.11. The summed E-state index contributed by atoms with van der Waals surface area (Å²) in [5, 5.41) is 7.07. The van der Waals surface area contributed by atoms with E-state index in [2.05, 4.69) is 17.2 Å². The second kappa shape index (κ2) is 7.45. The zero-order chi connectivity index (χ0) is 14.4. The number of amides is 1. The quantitative estimate of drug-likeness (QED) is 0.534. The number of nitrogen functional groups attached to an aromatic ring is 1. The summed E-state index contributed by atoms with van der Waals surface area (Å²) in [6, 6.07) is 0. The Balaban J connectivity index is 2.94. The summed E-state index contributed by atoms with van der Waals surface area (Å²) in [6.07, 6.45) is 2.87. The lowest BCUT2D eigenvalue weighted by Gasteiger charge is -2.05. The van der Waals surface area contributed by atoms with Crippen LogP contribution in [0.1, 0.15) is 29.9 Å². The third-order valence-corrected chi connectivity index (χ3v) is 4.52. The van der Waals surface area contributed by atoms with Gasteiger partial charge in [-0.25, -0.2) is 0 Å². The van der Waals surface area contributed by atoms with Crippen molar-refractivity contribution in [2.75, 3.05) is 30.4 Å². The van der Waals surface area contributed by atoms with E-state index in [1.54, 1.807) is 11.8 Å². The van der Waals surface area contributed by atoms with Gasteiger partial charge in [-0.2, -0.15) is 0 Å². The van der Waals surface area contributed by atoms with Crippen LogP contribution in [0.3, 0.4) is 0 Å². The van der Waals surface area contributed by atoms with E-state index < -0.39 is 0 Å². The molecule has 0 aliphatic rings. The van der Waals surface area contributed by atoms with Crippen LogP contribution < -0.4 is 16.4 Å². The number of hydrogen-bond acceptors (Lipinski definition) is 5. The average Bonchev–Trinajstić information content (AvgIpc) is 2.69. The number of thioether (sulfide) groups is 1. The molecule has 19 heavy (non-hydrogen) atoms.